The Bertz CT molecular complexity index is 1490. The standard InChI is InChI=1S/C34H39N5O/c1-24-6-4-7-25(2)33(24)34(40)37-16-12-26(3)38-18-14-30(15-19-38)39(23-28-9-5-8-27(20-28)22-35)31-10-11-32-29(21-31)13-17-36-32/h4-11,13,17,20-21,26,30,36H,12,14-16,18-19,23H2,1-3H3,(H,37,40). The van der Waals surface area contributed by atoms with E-state index in [1.54, 1.807) is 0 Å². The summed E-state index contributed by atoms with van der Waals surface area (Å²) in [5, 5.41) is 13.8. The van der Waals surface area contributed by atoms with Crippen LogP contribution in [0.4, 0.5) is 5.69 Å². The molecule has 2 heterocycles. The number of hydrogen-bond donors (Lipinski definition) is 2. The van der Waals surface area contributed by atoms with E-state index in [1.165, 1.54) is 11.1 Å². The Morgan fingerprint density at radius 3 is 2.58 bits per heavy atom. The Balaban J connectivity index is 1.21. The largest absolute Gasteiger partial charge is 0.364 e. The number of H-pyrrole nitrogens is 1. The SMILES string of the molecule is Cc1cccc(C)c1C(=O)NCCC(C)N1CCC(N(Cc2cccc(C#N)c2)c2ccc3[nH]ccc3c2)CC1. The van der Waals surface area contributed by atoms with Gasteiger partial charge in [0.1, 0.15) is 0 Å². The molecule has 1 unspecified atom stereocenters. The van der Waals surface area contributed by atoms with Gasteiger partial charge in [0.05, 0.1) is 11.6 Å². The van der Waals surface area contributed by atoms with E-state index >= 15 is 0 Å². The summed E-state index contributed by atoms with van der Waals surface area (Å²) in [7, 11) is 0. The van der Waals surface area contributed by atoms with E-state index in [1.807, 2.05) is 56.4 Å². The Hall–Kier alpha value is -4.08. The van der Waals surface area contributed by atoms with Crippen LogP contribution in [-0.2, 0) is 6.54 Å². The van der Waals surface area contributed by atoms with Crippen LogP contribution >= 0.6 is 0 Å². The number of nitrogens with zero attached hydrogens (tertiary/aromatic N) is 3. The van der Waals surface area contributed by atoms with E-state index < -0.39 is 0 Å². The van der Waals surface area contributed by atoms with Gasteiger partial charge in [0.2, 0.25) is 0 Å². The van der Waals surface area contributed by atoms with Crippen LogP contribution in [-0.4, -0.2) is 47.5 Å². The molecule has 40 heavy (non-hydrogen) atoms. The lowest BCUT2D eigenvalue weighted by Crippen LogP contribution is -2.48. The zero-order chi connectivity index (χ0) is 28.1. The third kappa shape index (κ3) is 6.21. The first kappa shape index (κ1) is 27.5. The zero-order valence-electron chi connectivity index (χ0n) is 23.8. The van der Waals surface area contributed by atoms with Crippen molar-refractivity contribution in [3.05, 3.63) is 101 Å². The van der Waals surface area contributed by atoms with Crippen LogP contribution in [0.15, 0.2) is 72.9 Å². The minimum Gasteiger partial charge on any atom is -0.364 e. The fourth-order valence-electron chi connectivity index (χ4n) is 6.06. The second kappa shape index (κ2) is 12.4. The molecule has 0 bridgehead atoms. The number of likely N-dealkylation sites (tertiary alicyclic amines) is 1. The summed E-state index contributed by atoms with van der Waals surface area (Å²) in [4.78, 5) is 21.2. The number of benzene rings is 3. The summed E-state index contributed by atoms with van der Waals surface area (Å²) >= 11 is 0. The molecule has 1 aliphatic rings. The van der Waals surface area contributed by atoms with E-state index in [-0.39, 0.29) is 5.91 Å². The second-order valence-corrected chi connectivity index (χ2v) is 11.1. The van der Waals surface area contributed by atoms with Gasteiger partial charge in [-0.3, -0.25) is 4.79 Å². The molecule has 6 heteroatoms. The van der Waals surface area contributed by atoms with Gasteiger partial charge >= 0.3 is 0 Å². The van der Waals surface area contributed by atoms with E-state index in [9.17, 15) is 10.1 Å². The van der Waals surface area contributed by atoms with Crippen LogP contribution in [0.2, 0.25) is 0 Å². The van der Waals surface area contributed by atoms with Crippen molar-refractivity contribution in [1.29, 1.82) is 5.26 Å². The Morgan fingerprint density at radius 1 is 1.07 bits per heavy atom. The number of rotatable bonds is 9. The summed E-state index contributed by atoms with van der Waals surface area (Å²) in [6.45, 7) is 9.76. The number of fused-ring (bicyclic) bond motifs is 1. The summed E-state index contributed by atoms with van der Waals surface area (Å²) in [6.07, 6.45) is 5.06. The molecule has 5 rings (SSSR count). The molecular weight excluding hydrogens is 494 g/mol. The maximum atomic E-state index is 12.8. The van der Waals surface area contributed by atoms with Crippen molar-refractivity contribution in [1.82, 2.24) is 15.2 Å². The molecule has 1 aliphatic heterocycles. The molecule has 4 aromatic rings. The molecule has 1 atom stereocenters. The van der Waals surface area contributed by atoms with Crippen LogP contribution in [0, 0.1) is 25.2 Å². The molecule has 0 spiro atoms. The Labute approximate surface area is 237 Å². The Kier molecular flexibility index (Phi) is 8.52. The molecule has 6 nitrogen and oxygen atoms in total. The van der Waals surface area contributed by atoms with E-state index in [0.29, 0.717) is 24.2 Å². The van der Waals surface area contributed by atoms with Crippen LogP contribution in [0.3, 0.4) is 0 Å². The molecule has 0 radical (unpaired) electrons. The molecule has 1 fully saturated rings. The van der Waals surface area contributed by atoms with Crippen LogP contribution < -0.4 is 10.2 Å². The maximum Gasteiger partial charge on any atom is 0.251 e. The van der Waals surface area contributed by atoms with Crippen LogP contribution in [0.1, 0.15) is 58.8 Å². The normalized spacial score (nSPS) is 15.1. The second-order valence-electron chi connectivity index (χ2n) is 11.1. The number of aromatic amines is 1. The van der Waals surface area contributed by atoms with Gasteiger partial charge in [-0.1, -0.05) is 30.3 Å². The fourth-order valence-corrected chi connectivity index (χ4v) is 6.06. The van der Waals surface area contributed by atoms with Crippen molar-refractivity contribution < 1.29 is 4.79 Å². The predicted molar refractivity (Wildman–Crippen MR) is 163 cm³/mol. The number of hydrogen-bond acceptors (Lipinski definition) is 4. The van der Waals surface area contributed by atoms with Crippen LogP contribution in [0.5, 0.6) is 0 Å². The maximum absolute atomic E-state index is 12.8. The summed E-state index contributed by atoms with van der Waals surface area (Å²) < 4.78 is 0. The predicted octanol–water partition coefficient (Wildman–Crippen LogP) is 6.34. The number of carbonyl (C=O) groups excluding carboxylic acids is 1. The number of carbonyl (C=O) groups is 1. The van der Waals surface area contributed by atoms with Crippen LogP contribution in [0.25, 0.3) is 10.9 Å². The van der Waals surface area contributed by atoms with E-state index in [4.69, 9.17) is 0 Å². The highest BCUT2D eigenvalue weighted by Gasteiger charge is 2.27. The highest BCUT2D eigenvalue weighted by molar-refractivity contribution is 5.97. The van der Waals surface area contributed by atoms with E-state index in [0.717, 1.165) is 66.7 Å². The van der Waals surface area contributed by atoms with Gasteiger partial charge in [0.15, 0.2) is 0 Å². The number of aromatic nitrogens is 1. The molecule has 2 N–H and O–H groups in total. The number of nitrogens with one attached hydrogen (secondary N) is 2. The highest BCUT2D eigenvalue weighted by atomic mass is 16.1. The molecule has 3 aromatic carbocycles. The molecule has 206 valence electrons. The van der Waals surface area contributed by atoms with Gasteiger partial charge in [-0.05, 0) is 93.1 Å². The molecule has 1 aromatic heterocycles. The average Bonchev–Trinajstić information content (AvgIpc) is 3.44. The lowest BCUT2D eigenvalue weighted by molar-refractivity contribution is 0.0944. The number of nitriles is 1. The number of aryl methyl sites for hydroxylation is 2. The lowest BCUT2D eigenvalue weighted by Gasteiger charge is -2.42. The van der Waals surface area contributed by atoms with E-state index in [2.05, 4.69) is 63.4 Å². The molecular formula is C34H39N5O. The smallest absolute Gasteiger partial charge is 0.251 e. The van der Waals surface area contributed by atoms with Crippen molar-refractivity contribution in [2.45, 2.75) is 58.7 Å². The van der Waals surface area contributed by atoms with Gasteiger partial charge in [-0.25, -0.2) is 0 Å². The van der Waals surface area contributed by atoms with Crippen molar-refractivity contribution in [2.24, 2.45) is 0 Å². The third-order valence-electron chi connectivity index (χ3n) is 8.40. The van der Waals surface area contributed by atoms with Gasteiger partial charge in [-0.2, -0.15) is 5.26 Å². The molecule has 0 saturated carbocycles. The van der Waals surface area contributed by atoms with Gasteiger partial charge in [-0.15, -0.1) is 0 Å². The van der Waals surface area contributed by atoms with Crippen molar-refractivity contribution >= 4 is 22.5 Å². The van der Waals surface area contributed by atoms with Gasteiger partial charge in [0.25, 0.3) is 5.91 Å². The monoisotopic (exact) mass is 533 g/mol. The fraction of sp³-hybridized carbons (Fsp3) is 0.353. The highest BCUT2D eigenvalue weighted by Crippen LogP contribution is 2.29. The third-order valence-corrected chi connectivity index (χ3v) is 8.40. The number of amides is 1. The minimum absolute atomic E-state index is 0.0250. The lowest BCUT2D eigenvalue weighted by atomic mass is 9.98. The summed E-state index contributed by atoms with van der Waals surface area (Å²) in [5.74, 6) is 0.0250. The quantitative estimate of drug-likeness (QED) is 0.263. The average molecular weight is 534 g/mol. The molecule has 1 saturated heterocycles. The number of anilines is 1. The molecule has 0 aliphatic carbocycles. The topological polar surface area (TPSA) is 75.2 Å². The Morgan fingerprint density at radius 2 is 1.82 bits per heavy atom. The van der Waals surface area contributed by atoms with Gasteiger partial charge in [0, 0.05) is 66.6 Å². The first-order chi connectivity index (χ1) is 19.4. The molecule has 1 amide bonds. The first-order valence-electron chi connectivity index (χ1n) is 14.3. The minimum atomic E-state index is 0.0250. The first-order valence-corrected chi connectivity index (χ1v) is 14.3. The summed E-state index contributed by atoms with van der Waals surface area (Å²) in [5.41, 5.74) is 7.06. The van der Waals surface area contributed by atoms with Crippen molar-refractivity contribution in [2.75, 3.05) is 24.5 Å². The number of piperidine rings is 1. The zero-order valence-corrected chi connectivity index (χ0v) is 23.8. The van der Waals surface area contributed by atoms with Gasteiger partial charge < -0.3 is 20.1 Å². The van der Waals surface area contributed by atoms with Crippen molar-refractivity contribution in [3.8, 4) is 6.07 Å². The van der Waals surface area contributed by atoms with Crippen molar-refractivity contribution in [3.63, 3.8) is 0 Å². The summed E-state index contributed by atoms with van der Waals surface area (Å²) in [6, 6.07) is 25.8.